The number of aliphatic carboxylic acids is 1. The Morgan fingerprint density at radius 1 is 1.21 bits per heavy atom. The fourth-order valence-corrected chi connectivity index (χ4v) is 2.80. The van der Waals surface area contributed by atoms with Gasteiger partial charge in [0.1, 0.15) is 11.6 Å². The lowest BCUT2D eigenvalue weighted by atomic mass is 10.2. The van der Waals surface area contributed by atoms with E-state index in [0.717, 1.165) is 11.5 Å². The van der Waals surface area contributed by atoms with E-state index in [1.165, 1.54) is 12.1 Å². The van der Waals surface area contributed by atoms with Crippen LogP contribution in [0.4, 0.5) is 10.2 Å². The largest absolute Gasteiger partial charge is 0.480 e. The zero-order valence-electron chi connectivity index (χ0n) is 13.4. The number of hydrogen-bond donors (Lipinski definition) is 1. The first-order valence-corrected chi connectivity index (χ1v) is 7.82. The first-order valence-electron chi connectivity index (χ1n) is 7.82. The highest BCUT2D eigenvalue weighted by molar-refractivity contribution is 5.69. The summed E-state index contributed by atoms with van der Waals surface area (Å²) in [6.45, 7) is 4.69. The van der Waals surface area contributed by atoms with Gasteiger partial charge in [0.15, 0.2) is 5.82 Å². The van der Waals surface area contributed by atoms with Gasteiger partial charge >= 0.3 is 5.97 Å². The second-order valence-corrected chi connectivity index (χ2v) is 5.86. The zero-order chi connectivity index (χ0) is 17.1. The number of hydrogen-bond acceptors (Lipinski definition) is 5. The topological polar surface area (TPSA) is 69.6 Å². The Hall–Kier alpha value is -2.54. The molecule has 6 nitrogen and oxygen atoms in total. The smallest absolute Gasteiger partial charge is 0.317 e. The third kappa shape index (κ3) is 3.86. The van der Waals surface area contributed by atoms with Crippen LogP contribution in [0.25, 0.3) is 11.4 Å². The van der Waals surface area contributed by atoms with Crippen LogP contribution in [0.15, 0.2) is 30.3 Å². The number of rotatable bonds is 4. The van der Waals surface area contributed by atoms with Crippen molar-refractivity contribution >= 4 is 11.8 Å². The number of aryl methyl sites for hydroxylation is 1. The SMILES string of the molecule is Cc1cc(N2CCN(CC(=O)O)CC2)nc(-c2cccc(F)c2)n1. The van der Waals surface area contributed by atoms with Gasteiger partial charge in [0.05, 0.1) is 6.54 Å². The molecule has 7 heteroatoms. The van der Waals surface area contributed by atoms with Crippen LogP contribution in [-0.2, 0) is 4.79 Å². The second kappa shape index (κ2) is 6.92. The van der Waals surface area contributed by atoms with Crippen LogP contribution in [0.1, 0.15) is 5.69 Å². The van der Waals surface area contributed by atoms with Gasteiger partial charge < -0.3 is 10.0 Å². The number of aromatic nitrogens is 2. The average molecular weight is 330 g/mol. The van der Waals surface area contributed by atoms with Crippen molar-refractivity contribution in [3.05, 3.63) is 41.8 Å². The van der Waals surface area contributed by atoms with E-state index in [9.17, 15) is 9.18 Å². The lowest BCUT2D eigenvalue weighted by molar-refractivity contribution is -0.138. The van der Waals surface area contributed by atoms with E-state index in [1.54, 1.807) is 12.1 Å². The molecule has 1 N–H and O–H groups in total. The molecule has 0 radical (unpaired) electrons. The monoisotopic (exact) mass is 330 g/mol. The predicted molar refractivity (Wildman–Crippen MR) is 88.5 cm³/mol. The van der Waals surface area contributed by atoms with Gasteiger partial charge in [-0.25, -0.2) is 14.4 Å². The Labute approximate surface area is 139 Å². The van der Waals surface area contributed by atoms with E-state index in [4.69, 9.17) is 5.11 Å². The number of carboxylic acid groups (broad SMARTS) is 1. The van der Waals surface area contributed by atoms with Gasteiger partial charge in [0.25, 0.3) is 0 Å². The number of halogens is 1. The van der Waals surface area contributed by atoms with Crippen molar-refractivity contribution in [1.82, 2.24) is 14.9 Å². The summed E-state index contributed by atoms with van der Waals surface area (Å²) in [4.78, 5) is 23.8. The Kier molecular flexibility index (Phi) is 4.71. The number of anilines is 1. The molecule has 1 aromatic carbocycles. The summed E-state index contributed by atoms with van der Waals surface area (Å²) in [5.74, 6) is 0.158. The molecule has 0 bridgehead atoms. The number of benzene rings is 1. The third-order valence-electron chi connectivity index (χ3n) is 3.98. The molecule has 0 saturated carbocycles. The first kappa shape index (κ1) is 16.3. The molecule has 3 rings (SSSR count). The van der Waals surface area contributed by atoms with Gasteiger partial charge in [-0.15, -0.1) is 0 Å². The standard InChI is InChI=1S/C17H19FN4O2/c1-12-9-15(22-7-5-21(6-8-22)11-16(23)24)20-17(19-12)13-3-2-4-14(18)10-13/h2-4,9-10H,5-8,11H2,1H3,(H,23,24). The number of carbonyl (C=O) groups is 1. The average Bonchev–Trinajstić information content (AvgIpc) is 2.54. The summed E-state index contributed by atoms with van der Waals surface area (Å²) in [6, 6.07) is 8.13. The Morgan fingerprint density at radius 2 is 1.96 bits per heavy atom. The van der Waals surface area contributed by atoms with Crippen LogP contribution < -0.4 is 4.90 Å². The molecule has 0 spiro atoms. The maximum atomic E-state index is 13.4. The van der Waals surface area contributed by atoms with Gasteiger partial charge in [0.2, 0.25) is 0 Å². The Morgan fingerprint density at radius 3 is 2.62 bits per heavy atom. The van der Waals surface area contributed by atoms with Crippen molar-refractivity contribution in [3.8, 4) is 11.4 Å². The Bertz CT molecular complexity index is 745. The molecule has 2 heterocycles. The summed E-state index contributed by atoms with van der Waals surface area (Å²) in [5.41, 5.74) is 1.46. The molecular weight excluding hydrogens is 311 g/mol. The van der Waals surface area contributed by atoms with Crippen LogP contribution in [0.5, 0.6) is 0 Å². The molecule has 0 aliphatic carbocycles. The summed E-state index contributed by atoms with van der Waals surface area (Å²) in [5, 5.41) is 8.86. The molecule has 1 aliphatic rings. The number of piperazine rings is 1. The van der Waals surface area contributed by atoms with Gasteiger partial charge in [-0.1, -0.05) is 12.1 Å². The lowest BCUT2D eigenvalue weighted by Gasteiger charge is -2.34. The van der Waals surface area contributed by atoms with Gasteiger partial charge in [-0.05, 0) is 19.1 Å². The normalized spacial score (nSPS) is 15.5. The molecular formula is C17H19FN4O2. The molecule has 1 saturated heterocycles. The van der Waals surface area contributed by atoms with Crippen molar-refractivity contribution in [2.24, 2.45) is 0 Å². The maximum absolute atomic E-state index is 13.4. The van der Waals surface area contributed by atoms with E-state index in [0.29, 0.717) is 37.6 Å². The molecule has 1 aliphatic heterocycles. The highest BCUT2D eigenvalue weighted by atomic mass is 19.1. The number of carboxylic acids is 1. The lowest BCUT2D eigenvalue weighted by Crippen LogP contribution is -2.48. The minimum Gasteiger partial charge on any atom is -0.480 e. The quantitative estimate of drug-likeness (QED) is 0.922. The van der Waals surface area contributed by atoms with E-state index >= 15 is 0 Å². The van der Waals surface area contributed by atoms with Crippen molar-refractivity contribution in [2.75, 3.05) is 37.6 Å². The van der Waals surface area contributed by atoms with E-state index < -0.39 is 5.97 Å². The van der Waals surface area contributed by atoms with Crippen LogP contribution in [0, 0.1) is 12.7 Å². The van der Waals surface area contributed by atoms with Crippen LogP contribution >= 0.6 is 0 Å². The molecule has 126 valence electrons. The van der Waals surface area contributed by atoms with Crippen molar-refractivity contribution in [3.63, 3.8) is 0 Å². The van der Waals surface area contributed by atoms with Crippen LogP contribution in [0.2, 0.25) is 0 Å². The van der Waals surface area contributed by atoms with Crippen molar-refractivity contribution < 1.29 is 14.3 Å². The Balaban J connectivity index is 1.79. The fraction of sp³-hybridized carbons (Fsp3) is 0.353. The van der Waals surface area contributed by atoms with Gasteiger partial charge in [0, 0.05) is 43.5 Å². The summed E-state index contributed by atoms with van der Waals surface area (Å²) >= 11 is 0. The minimum absolute atomic E-state index is 0.0607. The summed E-state index contributed by atoms with van der Waals surface area (Å²) in [7, 11) is 0. The fourth-order valence-electron chi connectivity index (χ4n) is 2.80. The van der Waals surface area contributed by atoms with Crippen LogP contribution in [0.3, 0.4) is 0 Å². The molecule has 1 fully saturated rings. The molecule has 24 heavy (non-hydrogen) atoms. The third-order valence-corrected chi connectivity index (χ3v) is 3.98. The van der Waals surface area contributed by atoms with E-state index in [-0.39, 0.29) is 12.4 Å². The molecule has 2 aromatic rings. The van der Waals surface area contributed by atoms with E-state index in [1.807, 2.05) is 17.9 Å². The van der Waals surface area contributed by atoms with Crippen molar-refractivity contribution in [2.45, 2.75) is 6.92 Å². The van der Waals surface area contributed by atoms with E-state index in [2.05, 4.69) is 14.9 Å². The minimum atomic E-state index is -0.810. The molecule has 0 amide bonds. The molecule has 0 unspecified atom stereocenters. The number of nitrogens with zero attached hydrogens (tertiary/aromatic N) is 4. The maximum Gasteiger partial charge on any atom is 0.317 e. The highest BCUT2D eigenvalue weighted by Crippen LogP contribution is 2.21. The summed E-state index contributed by atoms with van der Waals surface area (Å²) < 4.78 is 13.4. The van der Waals surface area contributed by atoms with Gasteiger partial charge in [-0.3, -0.25) is 9.69 Å². The summed E-state index contributed by atoms with van der Waals surface area (Å²) in [6.07, 6.45) is 0. The van der Waals surface area contributed by atoms with Crippen molar-refractivity contribution in [1.29, 1.82) is 0 Å². The first-order chi connectivity index (χ1) is 11.5. The van der Waals surface area contributed by atoms with Gasteiger partial charge in [-0.2, -0.15) is 0 Å². The highest BCUT2D eigenvalue weighted by Gasteiger charge is 2.20. The van der Waals surface area contributed by atoms with Crippen LogP contribution in [-0.4, -0.2) is 58.7 Å². The molecule has 1 aromatic heterocycles. The zero-order valence-corrected chi connectivity index (χ0v) is 13.4. The predicted octanol–water partition coefficient (Wildman–Crippen LogP) is 1.80. The second-order valence-electron chi connectivity index (χ2n) is 5.86. The molecule has 0 atom stereocenters.